The molecule has 13 heavy (non-hydrogen) atoms. The summed E-state index contributed by atoms with van der Waals surface area (Å²) in [5, 5.41) is 0.394. The van der Waals surface area contributed by atoms with Gasteiger partial charge in [0.15, 0.2) is 0 Å². The average Bonchev–Trinajstić information content (AvgIpc) is 2.39. The summed E-state index contributed by atoms with van der Waals surface area (Å²) in [6.07, 6.45) is 2.26. The molecule has 0 aromatic carbocycles. The van der Waals surface area contributed by atoms with Crippen molar-refractivity contribution in [3.05, 3.63) is 0 Å². The summed E-state index contributed by atoms with van der Waals surface area (Å²) in [6, 6.07) is 0. The third-order valence-corrected chi connectivity index (χ3v) is 3.42. The fourth-order valence-corrected chi connectivity index (χ4v) is 2.65. The van der Waals surface area contributed by atoms with Crippen molar-refractivity contribution in [3.8, 4) is 0 Å². The first-order valence-corrected chi connectivity index (χ1v) is 5.62. The van der Waals surface area contributed by atoms with Crippen LogP contribution in [0.5, 0.6) is 0 Å². The predicted molar refractivity (Wildman–Crippen MR) is 49.5 cm³/mol. The van der Waals surface area contributed by atoms with Crippen molar-refractivity contribution >= 4 is 27.7 Å². The van der Waals surface area contributed by atoms with Crippen LogP contribution < -0.4 is 0 Å². The summed E-state index contributed by atoms with van der Waals surface area (Å²) in [5.74, 6) is 0.129. The highest BCUT2D eigenvalue weighted by atomic mass is 79.9. The number of fused-ring (bicyclic) bond motifs is 2. The van der Waals surface area contributed by atoms with Crippen molar-refractivity contribution < 1.29 is 14.3 Å². The number of alkyl halides is 1. The van der Waals surface area contributed by atoms with Crippen LogP contribution in [-0.2, 0) is 14.3 Å². The number of carbonyl (C=O) groups is 2. The smallest absolute Gasteiger partial charge is 0.309 e. The van der Waals surface area contributed by atoms with E-state index in [4.69, 9.17) is 4.74 Å². The van der Waals surface area contributed by atoms with Gasteiger partial charge in [-0.1, -0.05) is 15.9 Å². The number of ketones is 1. The Bertz CT molecular complexity index is 251. The molecule has 2 aliphatic rings. The van der Waals surface area contributed by atoms with Gasteiger partial charge in [0.1, 0.15) is 11.9 Å². The molecule has 1 saturated carbocycles. The van der Waals surface area contributed by atoms with Crippen molar-refractivity contribution in [1.29, 1.82) is 0 Å². The number of hydrogen-bond donors (Lipinski definition) is 0. The zero-order chi connectivity index (χ0) is 9.42. The maximum absolute atomic E-state index is 11.4. The van der Waals surface area contributed by atoms with E-state index in [1.165, 1.54) is 0 Å². The molecule has 0 aromatic heterocycles. The van der Waals surface area contributed by atoms with Gasteiger partial charge in [0.05, 0.1) is 11.2 Å². The summed E-state index contributed by atoms with van der Waals surface area (Å²) >= 11 is 3.15. The highest BCUT2D eigenvalue weighted by Gasteiger charge is 2.43. The Kier molecular flexibility index (Phi) is 2.41. The molecule has 1 heterocycles. The minimum atomic E-state index is -0.102. The Morgan fingerprint density at radius 2 is 2.23 bits per heavy atom. The maximum atomic E-state index is 11.4. The van der Waals surface area contributed by atoms with Crippen molar-refractivity contribution in [2.75, 3.05) is 5.33 Å². The van der Waals surface area contributed by atoms with Crippen LogP contribution in [0.25, 0.3) is 0 Å². The Morgan fingerprint density at radius 1 is 1.46 bits per heavy atom. The van der Waals surface area contributed by atoms with Crippen LogP contribution in [0.1, 0.15) is 19.3 Å². The van der Waals surface area contributed by atoms with E-state index in [1.54, 1.807) is 0 Å². The molecule has 2 rings (SSSR count). The Hall–Kier alpha value is -0.380. The first-order valence-electron chi connectivity index (χ1n) is 4.50. The number of halogens is 1. The second-order valence-corrected chi connectivity index (χ2v) is 4.32. The Labute approximate surface area is 85.0 Å². The molecule has 0 N–H and O–H groups in total. The zero-order valence-electron chi connectivity index (χ0n) is 7.16. The van der Waals surface area contributed by atoms with Gasteiger partial charge in [-0.3, -0.25) is 9.59 Å². The lowest BCUT2D eigenvalue weighted by Crippen LogP contribution is -2.27. The van der Waals surface area contributed by atoms with Gasteiger partial charge in [-0.05, 0) is 19.3 Å². The normalized spacial score (nSPS) is 37.3. The van der Waals surface area contributed by atoms with Crippen LogP contribution in [0.3, 0.4) is 0 Å². The number of Topliss-reactive ketones (excluding diaryl/α,β-unsaturated/α-hetero) is 1. The zero-order valence-corrected chi connectivity index (χ0v) is 8.75. The van der Waals surface area contributed by atoms with Crippen molar-refractivity contribution in [3.63, 3.8) is 0 Å². The van der Waals surface area contributed by atoms with Crippen LogP contribution in [0.15, 0.2) is 0 Å². The molecule has 3 atom stereocenters. The van der Waals surface area contributed by atoms with Gasteiger partial charge < -0.3 is 4.74 Å². The van der Waals surface area contributed by atoms with Gasteiger partial charge in [-0.25, -0.2) is 0 Å². The van der Waals surface area contributed by atoms with Crippen molar-refractivity contribution in [2.24, 2.45) is 11.8 Å². The maximum Gasteiger partial charge on any atom is 0.309 e. The lowest BCUT2D eigenvalue weighted by molar-refractivity contribution is -0.143. The third-order valence-electron chi connectivity index (χ3n) is 2.87. The van der Waals surface area contributed by atoms with E-state index in [0.29, 0.717) is 11.8 Å². The molecule has 4 heteroatoms. The summed E-state index contributed by atoms with van der Waals surface area (Å²) < 4.78 is 5.10. The number of carbonyl (C=O) groups excluding carboxylic acids is 2. The van der Waals surface area contributed by atoms with Crippen LogP contribution in [0, 0.1) is 11.8 Å². The van der Waals surface area contributed by atoms with E-state index in [-0.39, 0.29) is 29.7 Å². The molecule has 0 radical (unpaired) electrons. The molecule has 0 aromatic rings. The van der Waals surface area contributed by atoms with Crippen molar-refractivity contribution in [1.82, 2.24) is 0 Å². The molecule has 1 aliphatic carbocycles. The van der Waals surface area contributed by atoms with Crippen LogP contribution in [-0.4, -0.2) is 23.2 Å². The molecule has 2 bridgehead atoms. The molecule has 1 saturated heterocycles. The molecule has 0 amide bonds. The van der Waals surface area contributed by atoms with Gasteiger partial charge >= 0.3 is 5.97 Å². The van der Waals surface area contributed by atoms with Gasteiger partial charge in [-0.15, -0.1) is 0 Å². The van der Waals surface area contributed by atoms with Crippen LogP contribution in [0.2, 0.25) is 0 Å². The molecule has 3 unspecified atom stereocenters. The fraction of sp³-hybridized carbons (Fsp3) is 0.778. The van der Waals surface area contributed by atoms with Gasteiger partial charge in [0.25, 0.3) is 0 Å². The second-order valence-electron chi connectivity index (χ2n) is 3.76. The van der Waals surface area contributed by atoms with Gasteiger partial charge in [0, 0.05) is 5.92 Å². The highest BCUT2D eigenvalue weighted by Crippen LogP contribution is 2.38. The molecular formula is C9H11BrO3. The summed E-state index contributed by atoms with van der Waals surface area (Å²) in [7, 11) is 0. The first-order chi connectivity index (χ1) is 6.20. The predicted octanol–water partition coefficient (Wildman–Crippen LogP) is 1.29. The lowest BCUT2D eigenvalue weighted by atomic mass is 9.80. The minimum absolute atomic E-state index is 0.00764. The van der Waals surface area contributed by atoms with E-state index in [2.05, 4.69) is 15.9 Å². The summed E-state index contributed by atoms with van der Waals surface area (Å²) in [4.78, 5) is 22.5. The molecule has 1 aliphatic heterocycles. The molecule has 72 valence electrons. The number of rotatable bonds is 2. The third kappa shape index (κ3) is 1.64. The monoisotopic (exact) mass is 246 g/mol. The summed E-state index contributed by atoms with van der Waals surface area (Å²) in [5.41, 5.74) is 0. The quantitative estimate of drug-likeness (QED) is 0.545. The van der Waals surface area contributed by atoms with E-state index >= 15 is 0 Å². The van der Waals surface area contributed by atoms with Crippen molar-refractivity contribution in [2.45, 2.75) is 25.4 Å². The fourth-order valence-electron chi connectivity index (χ4n) is 2.19. The van der Waals surface area contributed by atoms with E-state index in [0.717, 1.165) is 12.8 Å². The first kappa shape index (κ1) is 9.19. The standard InChI is InChI=1S/C9H11BrO3/c10-4-8(11)5-1-6-3-7(2-5)13-9(6)12/h5-7H,1-4H2. The number of ether oxygens (including phenoxy) is 1. The Balaban J connectivity index is 2.05. The second kappa shape index (κ2) is 3.40. The number of hydrogen-bond acceptors (Lipinski definition) is 3. The van der Waals surface area contributed by atoms with E-state index in [1.807, 2.05) is 0 Å². The molecule has 0 spiro atoms. The SMILES string of the molecule is O=C(CBr)C1CC2CC(C1)C(=O)O2. The average molecular weight is 247 g/mol. The summed E-state index contributed by atoms with van der Waals surface area (Å²) in [6.45, 7) is 0. The molecule has 2 fully saturated rings. The largest absolute Gasteiger partial charge is 0.462 e. The van der Waals surface area contributed by atoms with Gasteiger partial charge in [0.2, 0.25) is 0 Å². The van der Waals surface area contributed by atoms with E-state index < -0.39 is 0 Å². The highest BCUT2D eigenvalue weighted by molar-refractivity contribution is 9.09. The van der Waals surface area contributed by atoms with E-state index in [9.17, 15) is 9.59 Å². The minimum Gasteiger partial charge on any atom is -0.462 e. The van der Waals surface area contributed by atoms with Crippen LogP contribution >= 0.6 is 15.9 Å². The lowest BCUT2D eigenvalue weighted by Gasteiger charge is -2.22. The van der Waals surface area contributed by atoms with Gasteiger partial charge in [-0.2, -0.15) is 0 Å². The molecule has 3 nitrogen and oxygen atoms in total. The number of esters is 1. The topological polar surface area (TPSA) is 43.4 Å². The Morgan fingerprint density at radius 3 is 2.85 bits per heavy atom. The molecular weight excluding hydrogens is 236 g/mol. The van der Waals surface area contributed by atoms with Crippen LogP contribution in [0.4, 0.5) is 0 Å².